The Morgan fingerprint density at radius 1 is 0.737 bits per heavy atom. The van der Waals surface area contributed by atoms with Crippen LogP contribution in [0.25, 0.3) is 10.6 Å². The van der Waals surface area contributed by atoms with Crippen LogP contribution in [-0.4, -0.2) is 36.9 Å². The Hall–Kier alpha value is 2.35. The predicted molar refractivity (Wildman–Crippen MR) is 87.3 cm³/mol. The van der Waals surface area contributed by atoms with Crippen LogP contribution in [0.2, 0.25) is 0 Å². The second-order valence-electron chi connectivity index (χ2n) is 4.01. The second-order valence-corrected chi connectivity index (χ2v) is 24.9. The Labute approximate surface area is 145 Å². The van der Waals surface area contributed by atoms with Crippen molar-refractivity contribution in [2.24, 2.45) is 0 Å². The Kier molecular flexibility index (Phi) is 14.4. The molecule has 0 radical (unpaired) electrons. The van der Waals surface area contributed by atoms with E-state index in [2.05, 4.69) is 10.6 Å². The first-order valence-electron chi connectivity index (χ1n) is 5.81. The summed E-state index contributed by atoms with van der Waals surface area (Å²) in [5, 5.41) is 8.94. The van der Waals surface area contributed by atoms with Crippen LogP contribution < -0.4 is 0 Å². The average molecular weight is 574 g/mol. The number of halogens is 6. The molecule has 9 heteroatoms. The van der Waals surface area contributed by atoms with Gasteiger partial charge in [-0.2, -0.15) is 0 Å². The van der Waals surface area contributed by atoms with Gasteiger partial charge in [-0.25, -0.2) is 0 Å². The van der Waals surface area contributed by atoms with Gasteiger partial charge in [0, 0.05) is 10.8 Å². The van der Waals surface area contributed by atoms with Gasteiger partial charge in [-0.3, -0.25) is 0 Å². The molecular weight excluding hydrogens is 556 g/mol. The van der Waals surface area contributed by atoms with Crippen molar-refractivity contribution in [3.8, 4) is 0 Å². The summed E-state index contributed by atoms with van der Waals surface area (Å²) in [6, 6.07) is 0. The molecule has 2 aliphatic heterocycles. The third kappa shape index (κ3) is 20.3. The molecule has 0 saturated carbocycles. The van der Waals surface area contributed by atoms with E-state index >= 15 is 0 Å². The van der Waals surface area contributed by atoms with Crippen LogP contribution in [0, 0.1) is 0 Å². The van der Waals surface area contributed by atoms with Crippen molar-refractivity contribution in [1.82, 2.24) is 0 Å². The van der Waals surface area contributed by atoms with Crippen LogP contribution in [0.4, 0.5) is 0 Å². The summed E-state index contributed by atoms with van der Waals surface area (Å²) in [6.07, 6.45) is 4.69. The fourth-order valence-electron chi connectivity index (χ4n) is 1.49. The molecular formula is C10H18Cl6N2Pt. The molecule has 2 saturated heterocycles. The Morgan fingerprint density at radius 3 is 1.16 bits per heavy atom. The molecule has 0 spiro atoms. The van der Waals surface area contributed by atoms with Gasteiger partial charge in [0.05, 0.1) is 0 Å². The Balaban J connectivity index is 0.000000261. The van der Waals surface area contributed by atoms with Crippen LogP contribution in [0.3, 0.4) is 0 Å². The molecule has 2 nitrogen and oxygen atoms in total. The van der Waals surface area contributed by atoms with Crippen molar-refractivity contribution >= 4 is 60.9 Å². The van der Waals surface area contributed by atoms with E-state index in [1.165, 1.54) is 12.8 Å². The van der Waals surface area contributed by atoms with E-state index in [0.29, 0.717) is 10.8 Å². The molecule has 0 bridgehead atoms. The maximum absolute atomic E-state index is 5.72. The van der Waals surface area contributed by atoms with Gasteiger partial charge >= 0.3 is 49.6 Å². The van der Waals surface area contributed by atoms with E-state index < -0.39 is 11.9 Å². The minimum atomic E-state index is -3.06. The zero-order valence-electron chi connectivity index (χ0n) is 10.3. The summed E-state index contributed by atoms with van der Waals surface area (Å²) in [4.78, 5) is 0. The van der Waals surface area contributed by atoms with Crippen molar-refractivity contribution in [2.45, 2.75) is 36.4 Å². The first-order valence-corrected chi connectivity index (χ1v) is 17.9. The minimum absolute atomic E-state index is 0.341. The number of alkyl halides is 2. The quantitative estimate of drug-likeness (QED) is 0.305. The van der Waals surface area contributed by atoms with Crippen LogP contribution >= 0.6 is 60.9 Å². The molecule has 0 amide bonds. The molecule has 0 N–H and O–H groups in total. The third-order valence-corrected chi connectivity index (χ3v) is 3.03. The topological polar surface area (TPSA) is 28.2 Å². The molecule has 2 aliphatic rings. The fraction of sp³-hybridized carbons (Fsp3) is 1.00. The summed E-state index contributed by atoms with van der Waals surface area (Å²) < 4.78 is 0. The molecule has 0 aromatic rings. The number of hydrogen-bond acceptors (Lipinski definition) is 0. The summed E-state index contributed by atoms with van der Waals surface area (Å²) in [5.41, 5.74) is 0. The normalized spacial score (nSPS) is 28.3. The predicted octanol–water partition coefficient (Wildman–Crippen LogP) is 6.28. The van der Waals surface area contributed by atoms with Gasteiger partial charge in [0.2, 0.25) is 0 Å². The zero-order chi connectivity index (χ0) is 14.7. The van der Waals surface area contributed by atoms with Crippen molar-refractivity contribution in [2.75, 3.05) is 26.2 Å². The summed E-state index contributed by atoms with van der Waals surface area (Å²) in [6.45, 7) is 3.82. The molecule has 2 unspecified atom stereocenters. The van der Waals surface area contributed by atoms with E-state index in [4.69, 9.17) is 60.9 Å². The van der Waals surface area contributed by atoms with Crippen molar-refractivity contribution in [3.63, 3.8) is 0 Å². The second kappa shape index (κ2) is 12.8. The molecule has 2 fully saturated rings. The number of rotatable bonds is 0. The standard InChI is InChI=1S/2C5H9ClN.4ClH.Pt/c2*6-5-2-1-3-7-4-5;;;;;/h2*5H,1-4H2;4*1H;/q2*-1;;;;;+6/p-4. The molecule has 0 aromatic heterocycles. The SMILES string of the molecule is ClC1CCC[N-]C1.ClC1CCC[N-]C1.[Cl][Pt+2]([Cl])([Cl])[Cl]. The van der Waals surface area contributed by atoms with E-state index in [1.54, 1.807) is 0 Å². The van der Waals surface area contributed by atoms with Crippen molar-refractivity contribution < 1.29 is 11.9 Å². The van der Waals surface area contributed by atoms with Gasteiger partial charge in [0.15, 0.2) is 0 Å². The van der Waals surface area contributed by atoms with Gasteiger partial charge in [-0.15, -0.1) is 49.4 Å². The Bertz CT molecular complexity index is 183. The van der Waals surface area contributed by atoms with E-state index in [-0.39, 0.29) is 0 Å². The number of hydrogen-bond donors (Lipinski definition) is 0. The van der Waals surface area contributed by atoms with Crippen LogP contribution in [-0.2, 0) is 11.9 Å². The number of piperidine rings is 2. The molecule has 2 heterocycles. The van der Waals surface area contributed by atoms with E-state index in [0.717, 1.165) is 39.0 Å². The van der Waals surface area contributed by atoms with E-state index in [9.17, 15) is 0 Å². The number of nitrogens with zero attached hydrogens (tertiary/aromatic N) is 2. The molecule has 2 atom stereocenters. The molecule has 120 valence electrons. The van der Waals surface area contributed by atoms with Gasteiger partial charge < -0.3 is 10.6 Å². The first-order chi connectivity index (χ1) is 8.79. The van der Waals surface area contributed by atoms with Crippen LogP contribution in [0.1, 0.15) is 25.7 Å². The monoisotopic (exact) mass is 571 g/mol. The maximum atomic E-state index is 5.72. The fourth-order valence-corrected chi connectivity index (χ4v) is 2.00. The summed E-state index contributed by atoms with van der Waals surface area (Å²) in [5.74, 6) is 0. The van der Waals surface area contributed by atoms with E-state index in [1.807, 2.05) is 0 Å². The van der Waals surface area contributed by atoms with Crippen molar-refractivity contribution in [3.05, 3.63) is 10.6 Å². The summed E-state index contributed by atoms with van der Waals surface area (Å²) in [7, 11) is 20.0. The van der Waals surface area contributed by atoms with Crippen LogP contribution in [0.5, 0.6) is 0 Å². The average Bonchev–Trinajstić information content (AvgIpc) is 2.29. The first kappa shape index (κ1) is 21.3. The summed E-state index contributed by atoms with van der Waals surface area (Å²) >= 11 is 8.39. The Morgan fingerprint density at radius 2 is 1.05 bits per heavy atom. The van der Waals surface area contributed by atoms with Crippen molar-refractivity contribution in [1.29, 1.82) is 0 Å². The molecule has 0 aliphatic carbocycles. The van der Waals surface area contributed by atoms with Gasteiger partial charge in [-0.05, 0) is 12.8 Å². The third-order valence-electron chi connectivity index (χ3n) is 2.32. The van der Waals surface area contributed by atoms with Crippen LogP contribution in [0.15, 0.2) is 0 Å². The van der Waals surface area contributed by atoms with Gasteiger partial charge in [0.1, 0.15) is 0 Å². The van der Waals surface area contributed by atoms with Gasteiger partial charge in [-0.1, -0.05) is 12.8 Å². The zero-order valence-corrected chi connectivity index (χ0v) is 17.1. The molecule has 2 rings (SSSR count). The van der Waals surface area contributed by atoms with Gasteiger partial charge in [0.25, 0.3) is 0 Å². The molecule has 19 heavy (non-hydrogen) atoms. The molecule has 0 aromatic carbocycles.